The highest BCUT2D eigenvalue weighted by molar-refractivity contribution is 6.29. The van der Waals surface area contributed by atoms with Gasteiger partial charge in [0.05, 0.1) is 5.69 Å². The van der Waals surface area contributed by atoms with Crippen molar-refractivity contribution in [2.24, 2.45) is 0 Å². The molecule has 1 aromatic heterocycles. The van der Waals surface area contributed by atoms with Crippen LogP contribution in [0.5, 0.6) is 0 Å². The highest BCUT2D eigenvalue weighted by atomic mass is 35.5. The molecule has 174 valence electrons. The number of aryl methyl sites for hydroxylation is 1. The summed E-state index contributed by atoms with van der Waals surface area (Å²) in [6.45, 7) is 7.85. The topological polar surface area (TPSA) is 75.3 Å². The summed E-state index contributed by atoms with van der Waals surface area (Å²) in [5, 5.41) is 10.1. The number of anilines is 2. The third kappa shape index (κ3) is 6.99. The summed E-state index contributed by atoms with van der Waals surface area (Å²) >= 11 is 6.14. The molecular formula is C24H32ClFN4O2. The molecule has 32 heavy (non-hydrogen) atoms. The van der Waals surface area contributed by atoms with Gasteiger partial charge in [-0.1, -0.05) is 23.7 Å². The van der Waals surface area contributed by atoms with E-state index in [1.165, 1.54) is 6.07 Å². The molecule has 1 aliphatic rings. The Kier molecular flexibility index (Phi) is 7.82. The second kappa shape index (κ2) is 10.4. The molecule has 1 amide bonds. The highest BCUT2D eigenvalue weighted by Gasteiger charge is 2.25. The average molecular weight is 463 g/mol. The van der Waals surface area contributed by atoms with Crippen molar-refractivity contribution in [2.45, 2.75) is 77.6 Å². The van der Waals surface area contributed by atoms with Crippen molar-refractivity contribution >= 4 is 29.1 Å². The molecule has 1 saturated carbocycles. The molecular weight excluding hydrogens is 431 g/mol. The standard InChI is InChI=1S/C24H32ClFN4O2/c1-15-6-5-7-19(26)22(15)28-14-16-13-27-21(25)12-20(16)29-17-8-10-18(11-9-17)30-23(31)32-24(2,3)4/h5-7,12-13,17-18,28H,8-11,14H2,1-4H3,(H,27,29)(H,30,31)/t17-,18-. The SMILES string of the molecule is Cc1cccc(F)c1NCc1cnc(Cl)cc1N[C@H]1CC[C@H](NC(=O)OC(C)(C)C)CC1. The summed E-state index contributed by atoms with van der Waals surface area (Å²) < 4.78 is 19.5. The van der Waals surface area contributed by atoms with Crippen LogP contribution < -0.4 is 16.0 Å². The van der Waals surface area contributed by atoms with E-state index in [1.54, 1.807) is 18.3 Å². The fourth-order valence-electron chi connectivity index (χ4n) is 3.85. The molecule has 0 spiro atoms. The van der Waals surface area contributed by atoms with Gasteiger partial charge in [0.25, 0.3) is 0 Å². The fraction of sp³-hybridized carbons (Fsp3) is 0.500. The third-order valence-corrected chi connectivity index (χ3v) is 5.65. The van der Waals surface area contributed by atoms with Crippen molar-refractivity contribution in [3.8, 4) is 0 Å². The summed E-state index contributed by atoms with van der Waals surface area (Å²) in [7, 11) is 0. The van der Waals surface area contributed by atoms with E-state index in [9.17, 15) is 9.18 Å². The minimum atomic E-state index is -0.505. The van der Waals surface area contributed by atoms with Gasteiger partial charge in [0.2, 0.25) is 0 Å². The van der Waals surface area contributed by atoms with Gasteiger partial charge in [-0.25, -0.2) is 14.2 Å². The lowest BCUT2D eigenvalue weighted by atomic mass is 9.91. The number of rotatable bonds is 6. The maximum atomic E-state index is 14.2. The zero-order chi connectivity index (χ0) is 23.3. The van der Waals surface area contributed by atoms with Crippen LogP contribution in [0.1, 0.15) is 57.6 Å². The van der Waals surface area contributed by atoms with E-state index in [1.807, 2.05) is 33.8 Å². The van der Waals surface area contributed by atoms with Crippen LogP contribution in [0.15, 0.2) is 30.5 Å². The monoisotopic (exact) mass is 462 g/mol. The molecule has 0 radical (unpaired) electrons. The van der Waals surface area contributed by atoms with E-state index in [-0.39, 0.29) is 24.0 Å². The number of amides is 1. The Balaban J connectivity index is 1.57. The predicted molar refractivity (Wildman–Crippen MR) is 127 cm³/mol. The van der Waals surface area contributed by atoms with Gasteiger partial charge in [-0.15, -0.1) is 0 Å². The number of halogens is 2. The minimum absolute atomic E-state index is 0.106. The van der Waals surface area contributed by atoms with Gasteiger partial charge < -0.3 is 20.7 Å². The molecule has 8 heteroatoms. The number of benzene rings is 1. The van der Waals surface area contributed by atoms with Crippen molar-refractivity contribution in [3.63, 3.8) is 0 Å². The Bertz CT molecular complexity index is 920. The maximum absolute atomic E-state index is 14.2. The molecule has 2 aromatic rings. The summed E-state index contributed by atoms with van der Waals surface area (Å²) in [6, 6.07) is 7.17. The summed E-state index contributed by atoms with van der Waals surface area (Å²) in [4.78, 5) is 16.2. The second-order valence-electron chi connectivity index (χ2n) is 9.29. The van der Waals surface area contributed by atoms with E-state index in [0.717, 1.165) is 42.5 Å². The smallest absolute Gasteiger partial charge is 0.407 e. The molecule has 1 aliphatic carbocycles. The zero-order valence-electron chi connectivity index (χ0n) is 19.1. The largest absolute Gasteiger partial charge is 0.444 e. The molecule has 3 rings (SSSR count). The lowest BCUT2D eigenvalue weighted by molar-refractivity contribution is 0.0492. The van der Waals surface area contributed by atoms with Crippen LogP contribution in [0, 0.1) is 12.7 Å². The Hall–Kier alpha value is -2.54. The van der Waals surface area contributed by atoms with Crippen LogP contribution in [0.25, 0.3) is 0 Å². The normalized spacial score (nSPS) is 18.7. The van der Waals surface area contributed by atoms with E-state index in [2.05, 4.69) is 20.9 Å². The third-order valence-electron chi connectivity index (χ3n) is 5.44. The lowest BCUT2D eigenvalue weighted by Gasteiger charge is -2.31. The Labute approximate surface area is 194 Å². The molecule has 0 saturated heterocycles. The van der Waals surface area contributed by atoms with E-state index in [4.69, 9.17) is 16.3 Å². The lowest BCUT2D eigenvalue weighted by Crippen LogP contribution is -2.42. The summed E-state index contributed by atoms with van der Waals surface area (Å²) in [5.41, 5.74) is 2.62. The number of alkyl carbamates (subject to hydrolysis) is 1. The quantitative estimate of drug-likeness (QED) is 0.456. The summed E-state index contributed by atoms with van der Waals surface area (Å²) in [6.07, 6.45) is 4.87. The number of aromatic nitrogens is 1. The Morgan fingerprint density at radius 3 is 2.56 bits per heavy atom. The van der Waals surface area contributed by atoms with Crippen LogP contribution in [-0.4, -0.2) is 28.8 Å². The molecule has 1 heterocycles. The van der Waals surface area contributed by atoms with Crippen molar-refractivity contribution in [1.29, 1.82) is 0 Å². The predicted octanol–water partition coefficient (Wildman–Crippen LogP) is 6.04. The van der Waals surface area contributed by atoms with Crippen LogP contribution in [-0.2, 0) is 11.3 Å². The fourth-order valence-corrected chi connectivity index (χ4v) is 4.01. The second-order valence-corrected chi connectivity index (χ2v) is 9.68. The number of para-hydroxylation sites is 1. The highest BCUT2D eigenvalue weighted by Crippen LogP contribution is 2.27. The molecule has 0 unspecified atom stereocenters. The first-order valence-electron chi connectivity index (χ1n) is 11.0. The van der Waals surface area contributed by atoms with Gasteiger partial charge in [-0.3, -0.25) is 0 Å². The molecule has 0 bridgehead atoms. The van der Waals surface area contributed by atoms with Crippen molar-refractivity contribution in [3.05, 3.63) is 52.6 Å². The molecule has 0 aliphatic heterocycles. The summed E-state index contributed by atoms with van der Waals surface area (Å²) in [5.74, 6) is -0.280. The van der Waals surface area contributed by atoms with Gasteiger partial charge in [-0.2, -0.15) is 0 Å². The van der Waals surface area contributed by atoms with Gasteiger partial charge in [0, 0.05) is 36.1 Å². The van der Waals surface area contributed by atoms with Crippen LogP contribution in [0.2, 0.25) is 5.15 Å². The van der Waals surface area contributed by atoms with Crippen molar-refractivity contribution in [2.75, 3.05) is 10.6 Å². The van der Waals surface area contributed by atoms with Crippen LogP contribution >= 0.6 is 11.6 Å². The number of nitrogens with zero attached hydrogens (tertiary/aromatic N) is 1. The first-order valence-corrected chi connectivity index (χ1v) is 11.4. The molecule has 1 fully saturated rings. The molecule has 0 atom stereocenters. The van der Waals surface area contributed by atoms with E-state index < -0.39 is 5.60 Å². The van der Waals surface area contributed by atoms with Gasteiger partial charge in [0.1, 0.15) is 16.6 Å². The maximum Gasteiger partial charge on any atom is 0.407 e. The minimum Gasteiger partial charge on any atom is -0.444 e. The first-order chi connectivity index (χ1) is 15.1. The molecule has 1 aromatic carbocycles. The number of ether oxygens (including phenoxy) is 1. The van der Waals surface area contributed by atoms with E-state index in [0.29, 0.717) is 17.4 Å². The molecule has 6 nitrogen and oxygen atoms in total. The zero-order valence-corrected chi connectivity index (χ0v) is 19.9. The number of hydrogen-bond donors (Lipinski definition) is 3. The van der Waals surface area contributed by atoms with Gasteiger partial charge >= 0.3 is 6.09 Å². The number of hydrogen-bond acceptors (Lipinski definition) is 5. The van der Waals surface area contributed by atoms with Crippen molar-refractivity contribution in [1.82, 2.24) is 10.3 Å². The van der Waals surface area contributed by atoms with Crippen LogP contribution in [0.4, 0.5) is 20.6 Å². The Morgan fingerprint density at radius 1 is 1.22 bits per heavy atom. The van der Waals surface area contributed by atoms with Crippen LogP contribution in [0.3, 0.4) is 0 Å². The average Bonchev–Trinajstić information content (AvgIpc) is 2.69. The number of nitrogens with one attached hydrogen (secondary N) is 3. The van der Waals surface area contributed by atoms with E-state index >= 15 is 0 Å². The number of carbonyl (C=O) groups excluding carboxylic acids is 1. The van der Waals surface area contributed by atoms with Gasteiger partial charge in [0.15, 0.2) is 0 Å². The first kappa shape index (κ1) is 24.1. The molecule has 3 N–H and O–H groups in total. The number of carbonyl (C=O) groups is 1. The van der Waals surface area contributed by atoms with Gasteiger partial charge in [-0.05, 0) is 71.1 Å². The van der Waals surface area contributed by atoms with Crippen molar-refractivity contribution < 1.29 is 13.9 Å². The Morgan fingerprint density at radius 2 is 1.91 bits per heavy atom. The number of pyridine rings is 1.